The number of halogens is 1. The van der Waals surface area contributed by atoms with Crippen LogP contribution in [0.15, 0.2) is 53.4 Å². The molecule has 1 aliphatic carbocycles. The Hall–Kier alpha value is -2.75. The van der Waals surface area contributed by atoms with Crippen molar-refractivity contribution < 1.29 is 27.8 Å². The summed E-state index contributed by atoms with van der Waals surface area (Å²) in [6.07, 6.45) is 1.53. The summed E-state index contributed by atoms with van der Waals surface area (Å²) in [7, 11) is -4.00. The zero-order valence-electron chi connectivity index (χ0n) is 19.2. The first-order valence-electron chi connectivity index (χ1n) is 11.3. The van der Waals surface area contributed by atoms with E-state index in [2.05, 4.69) is 0 Å². The Bertz CT molecular complexity index is 1310. The maximum Gasteiger partial charge on any atom is 0.305 e. The molecule has 2 aromatic carbocycles. The molecule has 1 aromatic heterocycles. The van der Waals surface area contributed by atoms with Crippen LogP contribution in [0.1, 0.15) is 37.9 Å². The van der Waals surface area contributed by atoms with Crippen LogP contribution in [-0.4, -0.2) is 51.7 Å². The number of carboxylic acid groups (broad SMARTS) is 1. The Morgan fingerprint density at radius 2 is 1.85 bits per heavy atom. The number of aromatic nitrogens is 1. The van der Waals surface area contributed by atoms with E-state index in [1.165, 1.54) is 16.4 Å². The van der Waals surface area contributed by atoms with E-state index in [0.29, 0.717) is 25.8 Å². The number of rotatable bonds is 8. The van der Waals surface area contributed by atoms with Gasteiger partial charge >= 0.3 is 5.97 Å². The van der Waals surface area contributed by atoms with Gasteiger partial charge in [0.25, 0.3) is 0 Å². The standard InChI is InChI=1S/C25H29FN2O5S/c1-25(2,31)16-28(34(32,33)19-10-7-17(26)8-11-19)18-9-12-23-21(15-18)20-5-3-4-6-22(20)27(23)14-13-24(29)30/h3-8,10-11,18,31H,9,12-16H2,1-2H3,(H,29,30). The van der Waals surface area contributed by atoms with Crippen molar-refractivity contribution in [1.82, 2.24) is 8.87 Å². The molecule has 0 bridgehead atoms. The minimum Gasteiger partial charge on any atom is -0.481 e. The molecule has 9 heteroatoms. The molecule has 1 aliphatic rings. The normalized spacial score (nSPS) is 16.7. The van der Waals surface area contributed by atoms with E-state index in [9.17, 15) is 27.8 Å². The second kappa shape index (κ2) is 9.13. The lowest BCUT2D eigenvalue weighted by molar-refractivity contribution is -0.137. The molecule has 4 rings (SSSR count). The maximum atomic E-state index is 13.6. The van der Waals surface area contributed by atoms with Crippen molar-refractivity contribution >= 4 is 26.9 Å². The molecule has 3 aromatic rings. The maximum absolute atomic E-state index is 13.6. The van der Waals surface area contributed by atoms with Crippen molar-refractivity contribution in [2.75, 3.05) is 6.54 Å². The zero-order chi connectivity index (χ0) is 24.7. The number of nitrogens with zero attached hydrogens (tertiary/aromatic N) is 2. The number of aliphatic carboxylic acids is 1. The van der Waals surface area contributed by atoms with Crippen LogP contribution in [0.2, 0.25) is 0 Å². The third-order valence-corrected chi connectivity index (χ3v) is 8.18. The van der Waals surface area contributed by atoms with E-state index < -0.39 is 33.5 Å². The van der Waals surface area contributed by atoms with Gasteiger partial charge in [-0.1, -0.05) is 18.2 Å². The molecule has 1 heterocycles. The Balaban J connectivity index is 1.75. The molecule has 0 saturated heterocycles. The van der Waals surface area contributed by atoms with Gasteiger partial charge < -0.3 is 14.8 Å². The highest BCUT2D eigenvalue weighted by Gasteiger charge is 2.38. The number of benzene rings is 2. The summed E-state index contributed by atoms with van der Waals surface area (Å²) in [5.41, 5.74) is 1.70. The van der Waals surface area contributed by atoms with Crippen molar-refractivity contribution in [3.63, 3.8) is 0 Å². The first-order chi connectivity index (χ1) is 16.0. The van der Waals surface area contributed by atoms with Gasteiger partial charge in [0.1, 0.15) is 5.82 Å². The lowest BCUT2D eigenvalue weighted by Gasteiger charge is -2.37. The highest BCUT2D eigenvalue weighted by atomic mass is 32.2. The summed E-state index contributed by atoms with van der Waals surface area (Å²) in [6.45, 7) is 3.36. The monoisotopic (exact) mass is 488 g/mol. The van der Waals surface area contributed by atoms with Crippen LogP contribution in [0.3, 0.4) is 0 Å². The van der Waals surface area contributed by atoms with Crippen LogP contribution in [-0.2, 0) is 34.2 Å². The molecular formula is C25H29FN2O5S. The molecule has 34 heavy (non-hydrogen) atoms. The molecule has 0 fully saturated rings. The quantitative estimate of drug-likeness (QED) is 0.505. The third kappa shape index (κ3) is 4.87. The zero-order valence-corrected chi connectivity index (χ0v) is 20.1. The van der Waals surface area contributed by atoms with E-state index in [-0.39, 0.29) is 17.9 Å². The number of hydrogen-bond donors (Lipinski definition) is 2. The van der Waals surface area contributed by atoms with Gasteiger partial charge in [-0.3, -0.25) is 4.79 Å². The molecule has 0 amide bonds. The molecule has 0 radical (unpaired) electrons. The smallest absolute Gasteiger partial charge is 0.305 e. The summed E-state index contributed by atoms with van der Waals surface area (Å²) in [6, 6.07) is 12.1. The fourth-order valence-corrected chi connectivity index (χ4v) is 6.63. The number of para-hydroxylation sites is 1. The number of carbonyl (C=O) groups is 1. The summed E-state index contributed by atoms with van der Waals surface area (Å²) in [5, 5.41) is 20.7. The molecule has 0 saturated carbocycles. The number of aryl methyl sites for hydroxylation is 1. The van der Waals surface area contributed by atoms with Gasteiger partial charge in [0.05, 0.1) is 16.9 Å². The van der Waals surface area contributed by atoms with E-state index in [4.69, 9.17) is 0 Å². The van der Waals surface area contributed by atoms with Crippen LogP contribution >= 0.6 is 0 Å². The predicted octanol–water partition coefficient (Wildman–Crippen LogP) is 3.57. The van der Waals surface area contributed by atoms with Gasteiger partial charge in [-0.05, 0) is 69.0 Å². The number of aliphatic hydroxyl groups is 1. The number of sulfonamides is 1. The molecule has 1 unspecified atom stereocenters. The summed E-state index contributed by atoms with van der Waals surface area (Å²) < 4.78 is 44.0. The van der Waals surface area contributed by atoms with Crippen LogP contribution in [0, 0.1) is 5.82 Å². The molecular weight excluding hydrogens is 459 g/mol. The fraction of sp³-hybridized carbons (Fsp3) is 0.400. The summed E-state index contributed by atoms with van der Waals surface area (Å²) >= 11 is 0. The van der Waals surface area contributed by atoms with E-state index in [0.717, 1.165) is 34.3 Å². The third-order valence-electron chi connectivity index (χ3n) is 6.27. The Morgan fingerprint density at radius 1 is 1.18 bits per heavy atom. The van der Waals surface area contributed by atoms with Gasteiger partial charge in [0.15, 0.2) is 0 Å². The molecule has 7 nitrogen and oxygen atoms in total. The van der Waals surface area contributed by atoms with Gasteiger partial charge in [-0.15, -0.1) is 0 Å². The molecule has 2 N–H and O–H groups in total. The Kier molecular flexibility index (Phi) is 6.54. The predicted molar refractivity (Wildman–Crippen MR) is 127 cm³/mol. The largest absolute Gasteiger partial charge is 0.481 e. The fourth-order valence-electron chi connectivity index (χ4n) is 4.82. The second-order valence-corrected chi connectivity index (χ2v) is 11.3. The van der Waals surface area contributed by atoms with Crippen molar-refractivity contribution in [3.8, 4) is 0 Å². The lowest BCUT2D eigenvalue weighted by atomic mass is 9.91. The van der Waals surface area contributed by atoms with Gasteiger partial charge in [-0.25, -0.2) is 12.8 Å². The topological polar surface area (TPSA) is 99.8 Å². The van der Waals surface area contributed by atoms with E-state index in [1.54, 1.807) is 13.8 Å². The molecule has 1 atom stereocenters. The van der Waals surface area contributed by atoms with Crippen LogP contribution < -0.4 is 0 Å². The highest BCUT2D eigenvalue weighted by molar-refractivity contribution is 7.89. The minimum absolute atomic E-state index is 0.00167. The number of hydrogen-bond acceptors (Lipinski definition) is 4. The second-order valence-electron chi connectivity index (χ2n) is 9.45. The SMILES string of the molecule is CC(C)(O)CN(C1CCc2c(c3ccccc3n2CCC(=O)O)C1)S(=O)(=O)c1ccc(F)cc1. The molecule has 182 valence electrons. The van der Waals surface area contributed by atoms with Crippen LogP contribution in [0.5, 0.6) is 0 Å². The van der Waals surface area contributed by atoms with Gasteiger partial charge in [0, 0.05) is 35.7 Å². The summed E-state index contributed by atoms with van der Waals surface area (Å²) in [4.78, 5) is 11.2. The average molecular weight is 489 g/mol. The van der Waals surface area contributed by atoms with Gasteiger partial charge in [-0.2, -0.15) is 4.31 Å². The number of fused-ring (bicyclic) bond motifs is 3. The Labute approximate surface area is 198 Å². The minimum atomic E-state index is -4.00. The Morgan fingerprint density at radius 3 is 2.50 bits per heavy atom. The van der Waals surface area contributed by atoms with Crippen LogP contribution in [0.25, 0.3) is 10.9 Å². The van der Waals surface area contributed by atoms with Crippen molar-refractivity contribution in [3.05, 3.63) is 65.6 Å². The molecule has 0 aliphatic heterocycles. The summed E-state index contributed by atoms with van der Waals surface area (Å²) in [5.74, 6) is -1.40. The van der Waals surface area contributed by atoms with Crippen LogP contribution in [0.4, 0.5) is 4.39 Å². The van der Waals surface area contributed by atoms with E-state index >= 15 is 0 Å². The van der Waals surface area contributed by atoms with Crippen molar-refractivity contribution in [2.45, 2.75) is 62.6 Å². The lowest BCUT2D eigenvalue weighted by Crippen LogP contribution is -2.49. The first kappa shape index (κ1) is 24.4. The van der Waals surface area contributed by atoms with Gasteiger partial charge in [0.2, 0.25) is 10.0 Å². The highest BCUT2D eigenvalue weighted by Crippen LogP contribution is 2.36. The van der Waals surface area contributed by atoms with Crippen molar-refractivity contribution in [2.24, 2.45) is 0 Å². The van der Waals surface area contributed by atoms with Crippen molar-refractivity contribution in [1.29, 1.82) is 0 Å². The molecule has 0 spiro atoms. The average Bonchev–Trinajstić information content (AvgIpc) is 3.08. The van der Waals surface area contributed by atoms with E-state index in [1.807, 2.05) is 28.8 Å². The first-order valence-corrected chi connectivity index (χ1v) is 12.7. The number of carboxylic acids is 1.